The highest BCUT2D eigenvalue weighted by atomic mass is 16.3. The Morgan fingerprint density at radius 3 is 2.12 bits per heavy atom. The molecule has 0 aliphatic heterocycles. The maximum atomic E-state index is 13.1. The summed E-state index contributed by atoms with van der Waals surface area (Å²) in [5.74, 6) is -0.303. The summed E-state index contributed by atoms with van der Waals surface area (Å²) in [5.41, 5.74) is 3.66. The zero-order chi connectivity index (χ0) is 17.2. The smallest absolute Gasteiger partial charge is 0.198 e. The average Bonchev–Trinajstić information content (AvgIpc) is 3.08. The standard InChI is InChI=1S/C22H17NO2/c24-21(16-11-5-2-6-12-16)22(25)19-17-13-7-8-14-18(17)23-20(19)15-9-3-1-4-10-15/h1-14,21,23-24H. The summed E-state index contributed by atoms with van der Waals surface area (Å²) in [6, 6.07) is 26.4. The maximum Gasteiger partial charge on any atom is 0.198 e. The molecule has 0 radical (unpaired) electrons. The van der Waals surface area contributed by atoms with Crippen LogP contribution in [0.4, 0.5) is 0 Å². The highest BCUT2D eigenvalue weighted by Crippen LogP contribution is 2.33. The molecule has 0 spiro atoms. The van der Waals surface area contributed by atoms with Crippen molar-refractivity contribution < 1.29 is 9.90 Å². The fourth-order valence-electron chi connectivity index (χ4n) is 3.14. The molecule has 0 bridgehead atoms. The second kappa shape index (κ2) is 6.38. The molecule has 0 fully saturated rings. The molecule has 3 aromatic carbocycles. The van der Waals surface area contributed by atoms with E-state index >= 15 is 0 Å². The number of ketones is 1. The molecule has 1 heterocycles. The van der Waals surface area contributed by atoms with Gasteiger partial charge in [0.15, 0.2) is 5.78 Å². The van der Waals surface area contributed by atoms with Crippen molar-refractivity contribution in [2.24, 2.45) is 0 Å². The second-order valence-corrected chi connectivity index (χ2v) is 5.96. The van der Waals surface area contributed by atoms with Crippen LogP contribution in [-0.2, 0) is 0 Å². The number of H-pyrrole nitrogens is 1. The summed E-state index contributed by atoms with van der Waals surface area (Å²) in [7, 11) is 0. The van der Waals surface area contributed by atoms with Gasteiger partial charge in [0, 0.05) is 10.9 Å². The number of carbonyl (C=O) groups excluding carboxylic acids is 1. The van der Waals surface area contributed by atoms with Crippen LogP contribution in [0, 0.1) is 0 Å². The van der Waals surface area contributed by atoms with E-state index in [0.717, 1.165) is 22.2 Å². The van der Waals surface area contributed by atoms with Crippen LogP contribution in [0.1, 0.15) is 22.0 Å². The highest BCUT2D eigenvalue weighted by Gasteiger charge is 2.26. The first-order chi connectivity index (χ1) is 12.3. The molecular formula is C22H17NO2. The number of nitrogens with one attached hydrogen (secondary N) is 1. The molecule has 1 aromatic heterocycles. The molecule has 3 nitrogen and oxygen atoms in total. The third-order valence-corrected chi connectivity index (χ3v) is 4.38. The number of aliphatic hydroxyl groups excluding tert-OH is 1. The summed E-state index contributed by atoms with van der Waals surface area (Å²) in [6.45, 7) is 0. The molecular weight excluding hydrogens is 310 g/mol. The SMILES string of the molecule is O=C(c1c(-c2ccccc2)[nH]c2ccccc12)C(O)c1ccccc1. The molecule has 1 atom stereocenters. The van der Waals surface area contributed by atoms with Gasteiger partial charge in [-0.15, -0.1) is 0 Å². The van der Waals surface area contributed by atoms with Crippen LogP contribution >= 0.6 is 0 Å². The Hall–Kier alpha value is -3.17. The molecule has 0 aliphatic carbocycles. The van der Waals surface area contributed by atoms with E-state index in [2.05, 4.69) is 4.98 Å². The summed E-state index contributed by atoms with van der Waals surface area (Å²) in [5, 5.41) is 11.4. The molecule has 2 N–H and O–H groups in total. The summed E-state index contributed by atoms with van der Waals surface area (Å²) >= 11 is 0. The largest absolute Gasteiger partial charge is 0.380 e. The Bertz CT molecular complexity index is 1020. The Morgan fingerprint density at radius 2 is 1.40 bits per heavy atom. The van der Waals surface area contributed by atoms with Crippen molar-refractivity contribution in [1.29, 1.82) is 0 Å². The highest BCUT2D eigenvalue weighted by molar-refractivity contribution is 6.15. The third-order valence-electron chi connectivity index (χ3n) is 4.38. The molecule has 4 rings (SSSR count). The molecule has 25 heavy (non-hydrogen) atoms. The number of carbonyl (C=O) groups is 1. The second-order valence-electron chi connectivity index (χ2n) is 5.96. The fraction of sp³-hybridized carbons (Fsp3) is 0.0455. The van der Waals surface area contributed by atoms with Crippen LogP contribution in [0.2, 0.25) is 0 Å². The van der Waals surface area contributed by atoms with E-state index in [0.29, 0.717) is 11.1 Å². The lowest BCUT2D eigenvalue weighted by Crippen LogP contribution is -2.13. The summed E-state index contributed by atoms with van der Waals surface area (Å²) in [4.78, 5) is 16.5. The Labute approximate surface area is 145 Å². The zero-order valence-electron chi connectivity index (χ0n) is 13.5. The molecule has 122 valence electrons. The van der Waals surface area contributed by atoms with E-state index in [1.807, 2.05) is 72.8 Å². The van der Waals surface area contributed by atoms with Gasteiger partial charge in [0.2, 0.25) is 0 Å². The molecule has 0 saturated carbocycles. The van der Waals surface area contributed by atoms with Gasteiger partial charge in [0.25, 0.3) is 0 Å². The van der Waals surface area contributed by atoms with E-state index < -0.39 is 6.10 Å². The molecule has 3 heteroatoms. The Balaban J connectivity index is 1.89. The van der Waals surface area contributed by atoms with Gasteiger partial charge in [-0.05, 0) is 17.2 Å². The van der Waals surface area contributed by atoms with Gasteiger partial charge in [-0.25, -0.2) is 0 Å². The average molecular weight is 327 g/mol. The normalized spacial score (nSPS) is 12.2. The predicted molar refractivity (Wildman–Crippen MR) is 99.5 cm³/mol. The minimum Gasteiger partial charge on any atom is -0.380 e. The fourth-order valence-corrected chi connectivity index (χ4v) is 3.14. The number of aromatic nitrogens is 1. The van der Waals surface area contributed by atoms with Crippen molar-refractivity contribution in [3.05, 3.63) is 96.1 Å². The minimum atomic E-state index is -1.19. The number of aromatic amines is 1. The van der Waals surface area contributed by atoms with E-state index in [4.69, 9.17) is 0 Å². The Morgan fingerprint density at radius 1 is 0.800 bits per heavy atom. The van der Waals surface area contributed by atoms with Crippen LogP contribution in [-0.4, -0.2) is 15.9 Å². The monoisotopic (exact) mass is 327 g/mol. The first-order valence-electron chi connectivity index (χ1n) is 8.19. The number of hydrogen-bond donors (Lipinski definition) is 2. The van der Waals surface area contributed by atoms with Gasteiger partial charge in [0.1, 0.15) is 6.10 Å². The van der Waals surface area contributed by atoms with Crippen LogP contribution in [0.3, 0.4) is 0 Å². The molecule has 0 amide bonds. The van der Waals surface area contributed by atoms with Crippen LogP contribution in [0.5, 0.6) is 0 Å². The van der Waals surface area contributed by atoms with E-state index in [1.165, 1.54) is 0 Å². The first kappa shape index (κ1) is 15.4. The number of Topliss-reactive ketones (excluding diaryl/α,β-unsaturated/α-hetero) is 1. The number of aliphatic hydroxyl groups is 1. The third kappa shape index (κ3) is 2.75. The van der Waals surface area contributed by atoms with E-state index in [-0.39, 0.29) is 5.78 Å². The number of benzene rings is 3. The van der Waals surface area contributed by atoms with Crippen LogP contribution in [0.25, 0.3) is 22.2 Å². The van der Waals surface area contributed by atoms with Gasteiger partial charge in [0.05, 0.1) is 11.3 Å². The Kier molecular flexibility index (Phi) is 3.92. The number of hydrogen-bond acceptors (Lipinski definition) is 2. The molecule has 1 unspecified atom stereocenters. The number of rotatable bonds is 4. The van der Waals surface area contributed by atoms with Crippen molar-refractivity contribution in [3.63, 3.8) is 0 Å². The van der Waals surface area contributed by atoms with Gasteiger partial charge in [-0.2, -0.15) is 0 Å². The lowest BCUT2D eigenvalue weighted by atomic mass is 9.95. The van der Waals surface area contributed by atoms with Gasteiger partial charge < -0.3 is 10.1 Å². The summed E-state index contributed by atoms with van der Waals surface area (Å²) < 4.78 is 0. The quantitative estimate of drug-likeness (QED) is 0.531. The topological polar surface area (TPSA) is 53.1 Å². The first-order valence-corrected chi connectivity index (χ1v) is 8.19. The molecule has 0 saturated heterocycles. The molecule has 0 aliphatic rings. The lowest BCUT2D eigenvalue weighted by molar-refractivity contribution is 0.0750. The van der Waals surface area contributed by atoms with Crippen molar-refractivity contribution in [1.82, 2.24) is 4.98 Å². The van der Waals surface area contributed by atoms with Crippen molar-refractivity contribution in [2.45, 2.75) is 6.10 Å². The zero-order valence-corrected chi connectivity index (χ0v) is 13.5. The van der Waals surface area contributed by atoms with E-state index in [1.54, 1.807) is 12.1 Å². The van der Waals surface area contributed by atoms with Crippen molar-refractivity contribution in [3.8, 4) is 11.3 Å². The van der Waals surface area contributed by atoms with Gasteiger partial charge in [-0.3, -0.25) is 4.79 Å². The number of para-hydroxylation sites is 1. The molecule has 4 aromatic rings. The number of fused-ring (bicyclic) bond motifs is 1. The minimum absolute atomic E-state index is 0.303. The maximum absolute atomic E-state index is 13.1. The van der Waals surface area contributed by atoms with Crippen LogP contribution in [0.15, 0.2) is 84.9 Å². The van der Waals surface area contributed by atoms with Crippen LogP contribution < -0.4 is 0 Å². The van der Waals surface area contributed by atoms with Gasteiger partial charge >= 0.3 is 0 Å². The van der Waals surface area contributed by atoms with Gasteiger partial charge in [-0.1, -0.05) is 78.9 Å². The lowest BCUT2D eigenvalue weighted by Gasteiger charge is -2.11. The van der Waals surface area contributed by atoms with Crippen molar-refractivity contribution in [2.75, 3.05) is 0 Å². The summed E-state index contributed by atoms with van der Waals surface area (Å²) in [6.07, 6.45) is -1.19. The predicted octanol–water partition coefficient (Wildman–Crippen LogP) is 4.75. The van der Waals surface area contributed by atoms with Crippen molar-refractivity contribution >= 4 is 16.7 Å². The van der Waals surface area contributed by atoms with E-state index in [9.17, 15) is 9.90 Å².